The summed E-state index contributed by atoms with van der Waals surface area (Å²) >= 11 is 0. The van der Waals surface area contributed by atoms with Crippen molar-refractivity contribution in [1.82, 2.24) is 15.3 Å². The van der Waals surface area contributed by atoms with Gasteiger partial charge >= 0.3 is 0 Å². The highest BCUT2D eigenvalue weighted by molar-refractivity contribution is 5.92. The van der Waals surface area contributed by atoms with E-state index in [1.54, 1.807) is 0 Å². The Balaban J connectivity index is 1.43. The maximum Gasteiger partial charge on any atom is 0.289 e. The molecular formula is C17H19N3O2. The van der Waals surface area contributed by atoms with Crippen molar-refractivity contribution < 1.29 is 9.21 Å². The molecule has 1 fully saturated rings. The van der Waals surface area contributed by atoms with Gasteiger partial charge in [-0.1, -0.05) is 6.07 Å². The van der Waals surface area contributed by atoms with Gasteiger partial charge in [-0.25, -0.2) is 4.98 Å². The van der Waals surface area contributed by atoms with E-state index >= 15 is 0 Å². The number of nitrogens with zero attached hydrogens (tertiary/aromatic N) is 2. The van der Waals surface area contributed by atoms with Gasteiger partial charge in [0.15, 0.2) is 6.39 Å². The summed E-state index contributed by atoms with van der Waals surface area (Å²) in [5.41, 5.74) is 4.25. The smallest absolute Gasteiger partial charge is 0.289 e. The molecule has 1 N–H and O–H groups in total. The fraction of sp³-hybridized carbons (Fsp3) is 0.471. The zero-order valence-electron chi connectivity index (χ0n) is 12.5. The Hall–Kier alpha value is -2.17. The number of nitrogens with one attached hydrogen (secondary N) is 1. The number of amides is 1. The number of aryl methyl sites for hydroxylation is 2. The van der Waals surface area contributed by atoms with Crippen molar-refractivity contribution in [2.75, 3.05) is 0 Å². The van der Waals surface area contributed by atoms with E-state index in [9.17, 15) is 4.79 Å². The van der Waals surface area contributed by atoms with Crippen LogP contribution in [0.15, 0.2) is 22.9 Å². The van der Waals surface area contributed by atoms with Gasteiger partial charge in [0.05, 0.1) is 17.9 Å². The second-order valence-corrected chi connectivity index (χ2v) is 6.14. The van der Waals surface area contributed by atoms with Crippen LogP contribution in [0.1, 0.15) is 64.8 Å². The minimum absolute atomic E-state index is 0.195. The Morgan fingerprint density at radius 2 is 2.14 bits per heavy atom. The first-order valence-corrected chi connectivity index (χ1v) is 8.00. The average Bonchev–Trinajstić information content (AvgIpc) is 3.29. The van der Waals surface area contributed by atoms with E-state index in [4.69, 9.17) is 4.42 Å². The Bertz CT molecular complexity index is 704. The second kappa shape index (κ2) is 5.55. The van der Waals surface area contributed by atoms with Crippen molar-refractivity contribution in [1.29, 1.82) is 0 Å². The molecule has 0 aliphatic heterocycles. The molecule has 4 rings (SSSR count). The van der Waals surface area contributed by atoms with Gasteiger partial charge in [-0.15, -0.1) is 0 Å². The van der Waals surface area contributed by atoms with E-state index in [0.717, 1.165) is 37.1 Å². The standard InChI is InChI=1S/C17H19N3O2/c21-17(16-15(12-5-6-12)19-10-22-16)18-9-13-8-7-11-3-1-2-4-14(11)20-13/h7-8,10,12H,1-6,9H2,(H,18,21). The van der Waals surface area contributed by atoms with Crippen LogP contribution in [0, 0.1) is 0 Å². The van der Waals surface area contributed by atoms with Gasteiger partial charge in [-0.05, 0) is 50.2 Å². The van der Waals surface area contributed by atoms with Gasteiger partial charge in [0.1, 0.15) is 0 Å². The number of hydrogen-bond donors (Lipinski definition) is 1. The van der Waals surface area contributed by atoms with Crippen LogP contribution in [-0.2, 0) is 19.4 Å². The summed E-state index contributed by atoms with van der Waals surface area (Å²) in [4.78, 5) is 21.1. The average molecular weight is 297 g/mol. The molecule has 0 atom stereocenters. The number of pyridine rings is 1. The van der Waals surface area contributed by atoms with Crippen molar-refractivity contribution in [2.45, 2.75) is 51.0 Å². The molecule has 22 heavy (non-hydrogen) atoms. The molecule has 114 valence electrons. The first kappa shape index (κ1) is 13.5. The predicted molar refractivity (Wildman–Crippen MR) is 80.5 cm³/mol. The summed E-state index contributed by atoms with van der Waals surface area (Å²) in [5.74, 6) is 0.570. The molecule has 2 aliphatic rings. The molecule has 5 heteroatoms. The van der Waals surface area contributed by atoms with Gasteiger partial charge in [0.25, 0.3) is 5.91 Å². The van der Waals surface area contributed by atoms with E-state index in [-0.39, 0.29) is 5.91 Å². The van der Waals surface area contributed by atoms with Crippen molar-refractivity contribution >= 4 is 5.91 Å². The van der Waals surface area contributed by atoms with Gasteiger partial charge in [0.2, 0.25) is 5.76 Å². The summed E-state index contributed by atoms with van der Waals surface area (Å²) in [6.07, 6.45) is 8.18. The number of fused-ring (bicyclic) bond motifs is 1. The third-order valence-electron chi connectivity index (χ3n) is 4.43. The highest BCUT2D eigenvalue weighted by Crippen LogP contribution is 2.40. The number of rotatable bonds is 4. The molecule has 0 radical (unpaired) electrons. The summed E-state index contributed by atoms with van der Waals surface area (Å²) in [6.45, 7) is 0.427. The molecule has 2 heterocycles. The number of hydrogen-bond acceptors (Lipinski definition) is 4. The number of aromatic nitrogens is 2. The Morgan fingerprint density at radius 3 is 3.00 bits per heavy atom. The van der Waals surface area contributed by atoms with Gasteiger partial charge in [-0.2, -0.15) is 0 Å². The highest BCUT2D eigenvalue weighted by Gasteiger charge is 2.31. The second-order valence-electron chi connectivity index (χ2n) is 6.14. The normalized spacial score (nSPS) is 17.1. The summed E-state index contributed by atoms with van der Waals surface area (Å²) in [5, 5.41) is 2.90. The van der Waals surface area contributed by atoms with Crippen LogP contribution in [0.3, 0.4) is 0 Å². The van der Waals surface area contributed by atoms with Crippen molar-refractivity contribution in [3.63, 3.8) is 0 Å². The van der Waals surface area contributed by atoms with E-state index in [1.807, 2.05) is 6.07 Å². The molecule has 0 bridgehead atoms. The summed E-state index contributed by atoms with van der Waals surface area (Å²) in [6, 6.07) is 4.15. The minimum Gasteiger partial charge on any atom is -0.438 e. The zero-order valence-corrected chi connectivity index (χ0v) is 12.5. The number of oxazole rings is 1. The SMILES string of the molecule is O=C(NCc1ccc2c(n1)CCCC2)c1ocnc1C1CC1. The molecule has 0 saturated heterocycles. The largest absolute Gasteiger partial charge is 0.438 e. The van der Waals surface area contributed by atoms with Crippen molar-refractivity contribution in [2.24, 2.45) is 0 Å². The quantitative estimate of drug-likeness (QED) is 0.942. The number of carbonyl (C=O) groups excluding carboxylic acids is 1. The highest BCUT2D eigenvalue weighted by atomic mass is 16.3. The molecule has 5 nitrogen and oxygen atoms in total. The van der Waals surface area contributed by atoms with Crippen LogP contribution < -0.4 is 5.32 Å². The molecular weight excluding hydrogens is 278 g/mol. The maximum atomic E-state index is 12.2. The third kappa shape index (κ3) is 2.63. The van der Waals surface area contributed by atoms with E-state index in [2.05, 4.69) is 21.4 Å². The molecule has 1 saturated carbocycles. The lowest BCUT2D eigenvalue weighted by Gasteiger charge is -2.15. The molecule has 0 aromatic carbocycles. The monoisotopic (exact) mass is 297 g/mol. The van der Waals surface area contributed by atoms with Gasteiger partial charge < -0.3 is 9.73 Å². The minimum atomic E-state index is -0.195. The Labute approximate surface area is 129 Å². The summed E-state index contributed by atoms with van der Waals surface area (Å²) in [7, 11) is 0. The van der Waals surface area contributed by atoms with E-state index in [1.165, 1.54) is 30.5 Å². The molecule has 0 unspecified atom stereocenters. The third-order valence-corrected chi connectivity index (χ3v) is 4.43. The Morgan fingerprint density at radius 1 is 1.27 bits per heavy atom. The lowest BCUT2D eigenvalue weighted by atomic mass is 9.96. The van der Waals surface area contributed by atoms with Crippen LogP contribution in [0.25, 0.3) is 0 Å². The van der Waals surface area contributed by atoms with Crippen LogP contribution in [0.2, 0.25) is 0 Å². The molecule has 2 aliphatic carbocycles. The van der Waals surface area contributed by atoms with Crippen molar-refractivity contribution in [3.8, 4) is 0 Å². The zero-order chi connectivity index (χ0) is 14.9. The lowest BCUT2D eigenvalue weighted by molar-refractivity contribution is 0.0921. The fourth-order valence-corrected chi connectivity index (χ4v) is 3.05. The first-order valence-electron chi connectivity index (χ1n) is 8.00. The first-order chi connectivity index (χ1) is 10.8. The predicted octanol–water partition coefficient (Wildman–Crippen LogP) is 2.76. The van der Waals surface area contributed by atoms with Crippen LogP contribution in [0.5, 0.6) is 0 Å². The Kier molecular flexibility index (Phi) is 3.41. The van der Waals surface area contributed by atoms with Crippen LogP contribution >= 0.6 is 0 Å². The summed E-state index contributed by atoms with van der Waals surface area (Å²) < 4.78 is 5.26. The number of carbonyl (C=O) groups is 1. The fourth-order valence-electron chi connectivity index (χ4n) is 3.05. The van der Waals surface area contributed by atoms with E-state index in [0.29, 0.717) is 18.2 Å². The topological polar surface area (TPSA) is 68.0 Å². The maximum absolute atomic E-state index is 12.2. The molecule has 2 aromatic rings. The van der Waals surface area contributed by atoms with Crippen molar-refractivity contribution in [3.05, 3.63) is 46.9 Å². The van der Waals surface area contributed by atoms with Crippen LogP contribution in [-0.4, -0.2) is 15.9 Å². The van der Waals surface area contributed by atoms with E-state index < -0.39 is 0 Å². The molecule has 0 spiro atoms. The van der Waals surface area contributed by atoms with Gasteiger partial charge in [-0.3, -0.25) is 9.78 Å². The van der Waals surface area contributed by atoms with Crippen LogP contribution in [0.4, 0.5) is 0 Å². The molecule has 2 aromatic heterocycles. The lowest BCUT2D eigenvalue weighted by Crippen LogP contribution is -2.24. The van der Waals surface area contributed by atoms with Gasteiger partial charge in [0, 0.05) is 11.6 Å². The molecule has 1 amide bonds.